The number of hydrogen-bond acceptors (Lipinski definition) is 5. The summed E-state index contributed by atoms with van der Waals surface area (Å²) in [4.78, 5) is 8.06. The Morgan fingerprint density at radius 1 is 1.44 bits per heavy atom. The second-order valence-corrected chi connectivity index (χ2v) is 6.37. The molecule has 0 aromatic carbocycles. The third-order valence-corrected chi connectivity index (χ3v) is 4.44. The lowest BCUT2D eigenvalue weighted by Crippen LogP contribution is -2.35. The van der Waals surface area contributed by atoms with Crippen LogP contribution in [-0.4, -0.2) is 35.9 Å². The number of nitrogens with zero attached hydrogens (tertiary/aromatic N) is 2. The van der Waals surface area contributed by atoms with Gasteiger partial charge in [0.25, 0.3) is 0 Å². The van der Waals surface area contributed by atoms with Crippen molar-refractivity contribution in [2.45, 2.75) is 25.8 Å². The van der Waals surface area contributed by atoms with E-state index < -0.39 is 9.84 Å². The van der Waals surface area contributed by atoms with Crippen molar-refractivity contribution in [3.8, 4) is 0 Å². The van der Waals surface area contributed by atoms with Crippen molar-refractivity contribution in [2.75, 3.05) is 16.8 Å². The van der Waals surface area contributed by atoms with Crippen LogP contribution in [0, 0.1) is 6.92 Å². The topological polar surface area (TPSA) is 72.0 Å². The molecule has 1 aromatic heterocycles. The Balaban J connectivity index is 2.05. The van der Waals surface area contributed by atoms with Crippen molar-refractivity contribution in [1.29, 1.82) is 0 Å². The van der Waals surface area contributed by atoms with E-state index in [9.17, 15) is 8.42 Å². The molecular weight excluding hydrogens is 226 g/mol. The van der Waals surface area contributed by atoms with E-state index in [1.807, 2.05) is 13.0 Å². The van der Waals surface area contributed by atoms with Crippen molar-refractivity contribution in [3.05, 3.63) is 18.1 Å². The maximum absolute atomic E-state index is 11.4. The highest BCUT2D eigenvalue weighted by atomic mass is 32.2. The fourth-order valence-corrected chi connectivity index (χ4v) is 3.52. The lowest BCUT2D eigenvalue weighted by atomic mass is 10.2. The van der Waals surface area contributed by atoms with Gasteiger partial charge < -0.3 is 5.32 Å². The van der Waals surface area contributed by atoms with Crippen molar-refractivity contribution in [3.63, 3.8) is 0 Å². The zero-order valence-electron chi connectivity index (χ0n) is 9.18. The number of aryl methyl sites for hydroxylation is 1. The normalized spacial score (nSPS) is 23.9. The molecule has 0 aliphatic carbocycles. The summed E-state index contributed by atoms with van der Waals surface area (Å²) in [5.74, 6) is 1.22. The Hall–Kier alpha value is -1.17. The fourth-order valence-electron chi connectivity index (χ4n) is 1.88. The van der Waals surface area contributed by atoms with E-state index in [2.05, 4.69) is 15.3 Å². The van der Waals surface area contributed by atoms with Gasteiger partial charge in [0.15, 0.2) is 9.84 Å². The van der Waals surface area contributed by atoms with E-state index in [-0.39, 0.29) is 11.8 Å². The van der Waals surface area contributed by atoms with Gasteiger partial charge in [-0.1, -0.05) is 0 Å². The predicted octanol–water partition coefficient (Wildman–Crippen LogP) is 0.774. The van der Waals surface area contributed by atoms with Gasteiger partial charge in [-0.2, -0.15) is 0 Å². The number of rotatable bonds is 2. The average molecular weight is 241 g/mol. The van der Waals surface area contributed by atoms with Gasteiger partial charge in [0.1, 0.15) is 12.1 Å². The maximum atomic E-state index is 11.4. The third kappa shape index (κ3) is 2.91. The fraction of sp³-hybridized carbons (Fsp3) is 0.600. The number of sulfone groups is 1. The molecule has 1 unspecified atom stereocenters. The molecule has 2 heterocycles. The van der Waals surface area contributed by atoms with Crippen LogP contribution in [0.15, 0.2) is 12.4 Å². The van der Waals surface area contributed by atoms with Gasteiger partial charge in [-0.3, -0.25) is 0 Å². The van der Waals surface area contributed by atoms with Crippen molar-refractivity contribution in [1.82, 2.24) is 9.97 Å². The summed E-state index contributed by atoms with van der Waals surface area (Å²) in [6, 6.07) is 1.80. The SMILES string of the molecule is Cc1cc(NC2CCCS(=O)(=O)C2)ncn1. The molecule has 1 fully saturated rings. The first kappa shape index (κ1) is 11.3. The van der Waals surface area contributed by atoms with Crippen LogP contribution in [0.4, 0.5) is 5.82 Å². The quantitative estimate of drug-likeness (QED) is 0.828. The molecule has 0 amide bonds. The molecule has 5 nitrogen and oxygen atoms in total. The molecule has 1 aliphatic heterocycles. The molecule has 1 N–H and O–H groups in total. The van der Waals surface area contributed by atoms with Gasteiger partial charge in [-0.25, -0.2) is 18.4 Å². The minimum absolute atomic E-state index is 0.0203. The van der Waals surface area contributed by atoms with Crippen LogP contribution in [0.1, 0.15) is 18.5 Å². The molecule has 1 atom stereocenters. The van der Waals surface area contributed by atoms with Gasteiger partial charge in [0, 0.05) is 17.8 Å². The van der Waals surface area contributed by atoms with E-state index in [4.69, 9.17) is 0 Å². The highest BCUT2D eigenvalue weighted by molar-refractivity contribution is 7.91. The highest BCUT2D eigenvalue weighted by Crippen LogP contribution is 2.16. The third-order valence-electron chi connectivity index (χ3n) is 2.62. The molecule has 1 aliphatic rings. The van der Waals surface area contributed by atoms with Crippen LogP contribution >= 0.6 is 0 Å². The van der Waals surface area contributed by atoms with Crippen LogP contribution in [-0.2, 0) is 9.84 Å². The molecule has 0 bridgehead atoms. The van der Waals surface area contributed by atoms with E-state index >= 15 is 0 Å². The van der Waals surface area contributed by atoms with Crippen molar-refractivity contribution in [2.24, 2.45) is 0 Å². The minimum Gasteiger partial charge on any atom is -0.366 e. The van der Waals surface area contributed by atoms with Crippen LogP contribution in [0.3, 0.4) is 0 Å². The van der Waals surface area contributed by atoms with Crippen LogP contribution in [0.25, 0.3) is 0 Å². The van der Waals surface area contributed by atoms with Gasteiger partial charge in [-0.15, -0.1) is 0 Å². The summed E-state index contributed by atoms with van der Waals surface area (Å²) in [6.07, 6.45) is 3.08. The molecule has 1 aromatic rings. The summed E-state index contributed by atoms with van der Waals surface area (Å²) in [5, 5.41) is 3.15. The summed E-state index contributed by atoms with van der Waals surface area (Å²) in [7, 11) is -2.87. The minimum atomic E-state index is -2.87. The maximum Gasteiger partial charge on any atom is 0.152 e. The van der Waals surface area contributed by atoms with Crippen LogP contribution in [0.2, 0.25) is 0 Å². The average Bonchev–Trinajstić information content (AvgIpc) is 2.15. The molecule has 88 valence electrons. The van der Waals surface area contributed by atoms with Crippen molar-refractivity contribution >= 4 is 15.7 Å². The summed E-state index contributed by atoms with van der Waals surface area (Å²) in [6.45, 7) is 1.88. The van der Waals surface area contributed by atoms with Crippen LogP contribution < -0.4 is 5.32 Å². The Bertz CT molecular complexity index is 473. The standard InChI is InChI=1S/C10H15N3O2S/c1-8-5-10(12-7-11-8)13-9-3-2-4-16(14,15)6-9/h5,7,9H,2-4,6H2,1H3,(H,11,12,13). The molecule has 16 heavy (non-hydrogen) atoms. The van der Waals surface area contributed by atoms with Crippen LogP contribution in [0.5, 0.6) is 0 Å². The molecule has 1 saturated heterocycles. The first-order chi connectivity index (χ1) is 7.55. The smallest absolute Gasteiger partial charge is 0.152 e. The molecule has 0 radical (unpaired) electrons. The number of hydrogen-bond donors (Lipinski definition) is 1. The Labute approximate surface area is 95.2 Å². The first-order valence-electron chi connectivity index (χ1n) is 5.31. The summed E-state index contributed by atoms with van der Waals surface area (Å²) in [5.41, 5.74) is 0.871. The van der Waals surface area contributed by atoms with Crippen molar-refractivity contribution < 1.29 is 8.42 Å². The number of aromatic nitrogens is 2. The lowest BCUT2D eigenvalue weighted by molar-refractivity contribution is 0.561. The molecule has 0 saturated carbocycles. The Morgan fingerprint density at radius 2 is 2.25 bits per heavy atom. The number of anilines is 1. The van der Waals surface area contributed by atoms with Gasteiger partial charge in [-0.05, 0) is 19.8 Å². The van der Waals surface area contributed by atoms with Gasteiger partial charge >= 0.3 is 0 Å². The molecular formula is C10H15N3O2S. The summed E-state index contributed by atoms with van der Waals surface area (Å²) < 4.78 is 22.9. The summed E-state index contributed by atoms with van der Waals surface area (Å²) >= 11 is 0. The first-order valence-corrected chi connectivity index (χ1v) is 7.13. The lowest BCUT2D eigenvalue weighted by Gasteiger charge is -2.23. The van der Waals surface area contributed by atoms with E-state index in [1.165, 1.54) is 6.33 Å². The molecule has 2 rings (SSSR count). The zero-order chi connectivity index (χ0) is 11.6. The largest absolute Gasteiger partial charge is 0.366 e. The monoisotopic (exact) mass is 241 g/mol. The van der Waals surface area contributed by atoms with E-state index in [1.54, 1.807) is 0 Å². The van der Waals surface area contributed by atoms with E-state index in [0.29, 0.717) is 11.6 Å². The highest BCUT2D eigenvalue weighted by Gasteiger charge is 2.24. The van der Waals surface area contributed by atoms with Gasteiger partial charge in [0.05, 0.1) is 11.5 Å². The van der Waals surface area contributed by atoms with Gasteiger partial charge in [0.2, 0.25) is 0 Å². The molecule has 6 heteroatoms. The Kier molecular flexibility index (Phi) is 3.09. The Morgan fingerprint density at radius 3 is 2.94 bits per heavy atom. The van der Waals surface area contributed by atoms with E-state index in [0.717, 1.165) is 18.5 Å². The predicted molar refractivity (Wildman–Crippen MR) is 62.1 cm³/mol. The second kappa shape index (κ2) is 4.37. The number of nitrogens with one attached hydrogen (secondary N) is 1. The second-order valence-electron chi connectivity index (χ2n) is 4.14. The molecule has 0 spiro atoms. The zero-order valence-corrected chi connectivity index (χ0v) is 10.00.